The maximum atomic E-state index is 8.76. The van der Waals surface area contributed by atoms with Crippen LogP contribution in [-0.2, 0) is 0 Å². The zero-order valence-corrected chi connectivity index (χ0v) is 7.76. The molecule has 1 aromatic carbocycles. The van der Waals surface area contributed by atoms with Crippen molar-refractivity contribution < 1.29 is 5.11 Å². The number of hydrogen-bond donors (Lipinski definition) is 1. The van der Waals surface area contributed by atoms with Crippen molar-refractivity contribution in [2.75, 3.05) is 0 Å². The average molecular weight is 230 g/mol. The van der Waals surface area contributed by atoms with E-state index in [-0.39, 0.29) is 24.4 Å². The maximum absolute atomic E-state index is 8.76. The van der Waals surface area contributed by atoms with Crippen LogP contribution in [0.1, 0.15) is 5.56 Å². The van der Waals surface area contributed by atoms with Gasteiger partial charge in [-0.3, -0.25) is 0 Å². The molecule has 0 atom stereocenters. The Morgan fingerprint density at radius 3 is 1.89 bits per heavy atom. The fraction of sp³-hybridized carbons (Fsp3) is 0.143. The molecular weight excluding hydrogens is 222 g/mol. The van der Waals surface area contributed by atoms with Crippen molar-refractivity contribution >= 4 is 24.4 Å². The van der Waals surface area contributed by atoms with Crippen LogP contribution in [0.3, 0.4) is 0 Å². The van der Waals surface area contributed by atoms with Gasteiger partial charge in [0.15, 0.2) is 0 Å². The number of benzene rings is 1. The van der Waals surface area contributed by atoms with Gasteiger partial charge < -0.3 is 5.11 Å². The predicted molar refractivity (Wildman–Crippen MR) is 38.6 cm³/mol. The summed E-state index contributed by atoms with van der Waals surface area (Å²) >= 11 is 0. The van der Waals surface area contributed by atoms with Gasteiger partial charge in [0.05, 0.1) is 0 Å². The van der Waals surface area contributed by atoms with Crippen molar-refractivity contribution in [3.8, 4) is 5.75 Å². The SMILES string of the molecule is Cc1ccc(O)cc1.[Sb+3]. The van der Waals surface area contributed by atoms with Gasteiger partial charge in [-0.25, -0.2) is 0 Å². The molecule has 0 unspecified atom stereocenters. The average Bonchev–Trinajstić information content (AvgIpc) is 1.77. The molecule has 1 aromatic rings. The second kappa shape index (κ2) is 3.79. The van der Waals surface area contributed by atoms with Crippen LogP contribution in [-0.4, -0.2) is 29.5 Å². The van der Waals surface area contributed by atoms with Crippen LogP contribution >= 0.6 is 0 Å². The molecule has 1 rings (SSSR count). The molecule has 0 aliphatic heterocycles. The molecule has 0 aliphatic rings. The van der Waals surface area contributed by atoms with E-state index in [2.05, 4.69) is 0 Å². The van der Waals surface area contributed by atoms with Gasteiger partial charge >= 0.3 is 24.4 Å². The first-order valence-corrected chi connectivity index (χ1v) is 2.54. The molecule has 0 fully saturated rings. The summed E-state index contributed by atoms with van der Waals surface area (Å²) in [5.41, 5.74) is 1.17. The number of aryl methyl sites for hydroxylation is 1. The third-order valence-electron chi connectivity index (χ3n) is 1.03. The summed E-state index contributed by atoms with van der Waals surface area (Å²) < 4.78 is 0. The van der Waals surface area contributed by atoms with E-state index in [1.165, 1.54) is 5.56 Å². The van der Waals surface area contributed by atoms with Gasteiger partial charge in [0, 0.05) is 0 Å². The molecule has 1 N–H and O–H groups in total. The molecule has 0 saturated heterocycles. The van der Waals surface area contributed by atoms with E-state index in [4.69, 9.17) is 5.11 Å². The van der Waals surface area contributed by atoms with Gasteiger partial charge in [-0.05, 0) is 19.1 Å². The van der Waals surface area contributed by atoms with E-state index < -0.39 is 0 Å². The van der Waals surface area contributed by atoms with Gasteiger partial charge in [-0.15, -0.1) is 0 Å². The van der Waals surface area contributed by atoms with E-state index >= 15 is 0 Å². The molecule has 9 heavy (non-hydrogen) atoms. The summed E-state index contributed by atoms with van der Waals surface area (Å²) in [5.74, 6) is 0.329. The Bertz CT molecular complexity index is 148. The normalized spacial score (nSPS) is 8.11. The number of rotatable bonds is 0. The van der Waals surface area contributed by atoms with Crippen molar-refractivity contribution in [3.63, 3.8) is 0 Å². The molecule has 2 heteroatoms. The minimum Gasteiger partial charge on any atom is -0.508 e. The van der Waals surface area contributed by atoms with Gasteiger partial charge in [-0.2, -0.15) is 0 Å². The summed E-state index contributed by atoms with van der Waals surface area (Å²) in [6.07, 6.45) is 0. The maximum Gasteiger partial charge on any atom is 3.00 e. The van der Waals surface area contributed by atoms with Gasteiger partial charge in [0.2, 0.25) is 0 Å². The first-order valence-electron chi connectivity index (χ1n) is 2.54. The molecule has 2 radical (unpaired) electrons. The topological polar surface area (TPSA) is 20.2 Å². The Kier molecular flexibility index (Phi) is 3.72. The van der Waals surface area contributed by atoms with Crippen LogP contribution in [0.5, 0.6) is 5.75 Å². The number of phenols is 1. The number of phenolic OH excluding ortho intramolecular Hbond substituents is 1. The molecule has 44 valence electrons. The van der Waals surface area contributed by atoms with Crippen LogP contribution in [0.4, 0.5) is 0 Å². The van der Waals surface area contributed by atoms with Crippen LogP contribution < -0.4 is 0 Å². The van der Waals surface area contributed by atoms with Crippen LogP contribution in [0.15, 0.2) is 24.3 Å². The van der Waals surface area contributed by atoms with Gasteiger partial charge in [0.25, 0.3) is 0 Å². The Balaban J connectivity index is 0.000000640. The van der Waals surface area contributed by atoms with E-state index in [9.17, 15) is 0 Å². The molecule has 0 bridgehead atoms. The van der Waals surface area contributed by atoms with Crippen molar-refractivity contribution in [3.05, 3.63) is 29.8 Å². The largest absolute Gasteiger partial charge is 3.00 e. The number of aromatic hydroxyl groups is 1. The summed E-state index contributed by atoms with van der Waals surface area (Å²) in [4.78, 5) is 0. The summed E-state index contributed by atoms with van der Waals surface area (Å²) in [6, 6.07) is 7.09. The molecule has 1 nitrogen and oxygen atoms in total. The van der Waals surface area contributed by atoms with E-state index in [1.807, 2.05) is 19.1 Å². The smallest absolute Gasteiger partial charge is 0.508 e. The number of hydrogen-bond acceptors (Lipinski definition) is 1. The molecule has 0 heterocycles. The first kappa shape index (κ1) is 8.84. The zero-order chi connectivity index (χ0) is 5.98. The molecule has 0 aliphatic carbocycles. The summed E-state index contributed by atoms with van der Waals surface area (Å²) in [7, 11) is 0. The Morgan fingerprint density at radius 1 is 1.11 bits per heavy atom. The van der Waals surface area contributed by atoms with E-state index in [0.29, 0.717) is 5.75 Å². The molecule has 0 saturated carbocycles. The van der Waals surface area contributed by atoms with Crippen molar-refractivity contribution in [2.45, 2.75) is 6.92 Å². The molecule has 0 amide bonds. The molecule has 0 spiro atoms. The van der Waals surface area contributed by atoms with Crippen molar-refractivity contribution in [1.29, 1.82) is 0 Å². The standard InChI is InChI=1S/C7H8O.Sb/c1-6-2-4-7(8)5-3-6;/h2-5,8H,1H3;/q;+3. The second-order valence-corrected chi connectivity index (χ2v) is 1.84. The van der Waals surface area contributed by atoms with Crippen LogP contribution in [0, 0.1) is 6.92 Å². The Labute approximate surface area is 72.2 Å². The first-order chi connectivity index (χ1) is 3.79. The third kappa shape index (κ3) is 2.76. The van der Waals surface area contributed by atoms with Crippen molar-refractivity contribution in [1.82, 2.24) is 0 Å². The Hall–Kier alpha value is -0.162. The van der Waals surface area contributed by atoms with Crippen molar-refractivity contribution in [2.24, 2.45) is 0 Å². The molecule has 0 aromatic heterocycles. The van der Waals surface area contributed by atoms with E-state index in [0.717, 1.165) is 0 Å². The monoisotopic (exact) mass is 229 g/mol. The fourth-order valence-corrected chi connectivity index (χ4v) is 0.545. The summed E-state index contributed by atoms with van der Waals surface area (Å²) in [6.45, 7) is 1.99. The third-order valence-corrected chi connectivity index (χ3v) is 1.03. The quantitative estimate of drug-likeness (QED) is 0.666. The summed E-state index contributed by atoms with van der Waals surface area (Å²) in [5, 5.41) is 8.76. The second-order valence-electron chi connectivity index (χ2n) is 1.84. The van der Waals surface area contributed by atoms with Crippen LogP contribution in [0.25, 0.3) is 0 Å². The predicted octanol–water partition coefficient (Wildman–Crippen LogP) is 1.32. The van der Waals surface area contributed by atoms with Gasteiger partial charge in [0.1, 0.15) is 5.75 Å². The minimum absolute atomic E-state index is 0. The molecular formula is C7H8OSb+3. The Morgan fingerprint density at radius 2 is 1.56 bits per heavy atom. The fourth-order valence-electron chi connectivity index (χ4n) is 0.545. The van der Waals surface area contributed by atoms with Crippen LogP contribution in [0.2, 0.25) is 0 Å². The van der Waals surface area contributed by atoms with E-state index in [1.54, 1.807) is 12.1 Å². The minimum atomic E-state index is 0. The van der Waals surface area contributed by atoms with Gasteiger partial charge in [-0.1, -0.05) is 17.7 Å². The zero-order valence-electron chi connectivity index (χ0n) is 5.20.